The zero-order valence-electron chi connectivity index (χ0n) is 14.6. The third-order valence-electron chi connectivity index (χ3n) is 4.01. The Morgan fingerprint density at radius 3 is 2.12 bits per heavy atom. The average Bonchev–Trinajstić information content (AvgIpc) is 2.62. The second kappa shape index (κ2) is 9.23. The Balaban J connectivity index is 1.89. The van der Waals surface area contributed by atoms with Crippen LogP contribution in [0.15, 0.2) is 42.5 Å². The lowest BCUT2D eigenvalue weighted by molar-refractivity contribution is -0.116. The van der Waals surface area contributed by atoms with Crippen molar-refractivity contribution in [2.24, 2.45) is 0 Å². The first kappa shape index (κ1) is 19.0. The molecule has 0 saturated carbocycles. The largest absolute Gasteiger partial charge is 0.352 e. The summed E-state index contributed by atoms with van der Waals surface area (Å²) in [7, 11) is 0. The van der Waals surface area contributed by atoms with E-state index in [9.17, 15) is 9.59 Å². The summed E-state index contributed by atoms with van der Waals surface area (Å²) in [4.78, 5) is 24.2. The smallest absolute Gasteiger partial charge is 0.251 e. The van der Waals surface area contributed by atoms with E-state index in [1.54, 1.807) is 24.3 Å². The van der Waals surface area contributed by atoms with Gasteiger partial charge in [0.05, 0.1) is 0 Å². The number of rotatable bonds is 7. The van der Waals surface area contributed by atoms with E-state index in [1.165, 1.54) is 0 Å². The van der Waals surface area contributed by atoms with Crippen molar-refractivity contribution < 1.29 is 9.59 Å². The lowest BCUT2D eigenvalue weighted by Crippen LogP contribution is -2.27. The number of aryl methyl sites for hydroxylation is 2. The van der Waals surface area contributed by atoms with Crippen LogP contribution in [0.1, 0.15) is 41.8 Å². The van der Waals surface area contributed by atoms with Crippen molar-refractivity contribution in [2.75, 3.05) is 11.9 Å². The van der Waals surface area contributed by atoms with Gasteiger partial charge in [0.15, 0.2) is 0 Å². The quantitative estimate of drug-likeness (QED) is 0.778. The molecule has 0 aliphatic heterocycles. The number of carbonyl (C=O) groups is 2. The molecule has 5 heteroatoms. The molecule has 0 spiro atoms. The maximum absolute atomic E-state index is 12.2. The standard InChI is InChI=1S/C20H23ClN2O2/c1-3-14-6-5-7-15(4-2)19(14)23-18(24)12-13-22-20(25)16-8-10-17(21)11-9-16/h5-11H,3-4,12-13H2,1-2H3,(H,22,25)(H,23,24). The highest BCUT2D eigenvalue weighted by Crippen LogP contribution is 2.22. The van der Waals surface area contributed by atoms with Crippen molar-refractivity contribution in [3.63, 3.8) is 0 Å². The van der Waals surface area contributed by atoms with Crippen molar-refractivity contribution >= 4 is 29.1 Å². The van der Waals surface area contributed by atoms with Gasteiger partial charge in [-0.2, -0.15) is 0 Å². The van der Waals surface area contributed by atoms with Crippen LogP contribution in [0.5, 0.6) is 0 Å². The Labute approximate surface area is 153 Å². The van der Waals surface area contributed by atoms with Gasteiger partial charge in [-0.25, -0.2) is 0 Å². The molecule has 2 aromatic carbocycles. The van der Waals surface area contributed by atoms with Crippen LogP contribution in [0.4, 0.5) is 5.69 Å². The first-order chi connectivity index (χ1) is 12.0. The maximum atomic E-state index is 12.2. The van der Waals surface area contributed by atoms with Gasteiger partial charge in [-0.3, -0.25) is 9.59 Å². The van der Waals surface area contributed by atoms with Crippen molar-refractivity contribution in [3.8, 4) is 0 Å². The zero-order valence-corrected chi connectivity index (χ0v) is 15.3. The van der Waals surface area contributed by atoms with E-state index >= 15 is 0 Å². The van der Waals surface area contributed by atoms with Crippen LogP contribution in [0, 0.1) is 0 Å². The Hall–Kier alpha value is -2.33. The number of hydrogen-bond acceptors (Lipinski definition) is 2. The van der Waals surface area contributed by atoms with Gasteiger partial charge in [0.2, 0.25) is 5.91 Å². The molecule has 132 valence electrons. The lowest BCUT2D eigenvalue weighted by atomic mass is 10.0. The van der Waals surface area contributed by atoms with E-state index in [0.717, 1.165) is 29.7 Å². The summed E-state index contributed by atoms with van der Waals surface area (Å²) in [6.07, 6.45) is 1.94. The molecule has 0 aliphatic carbocycles. The fourth-order valence-corrected chi connectivity index (χ4v) is 2.72. The second-order valence-electron chi connectivity index (χ2n) is 5.72. The number of carbonyl (C=O) groups excluding carboxylic acids is 2. The first-order valence-corrected chi connectivity index (χ1v) is 8.87. The Morgan fingerprint density at radius 1 is 0.960 bits per heavy atom. The number of nitrogens with one attached hydrogen (secondary N) is 2. The molecule has 0 aliphatic rings. The molecule has 2 amide bonds. The topological polar surface area (TPSA) is 58.2 Å². The van der Waals surface area contributed by atoms with Crippen LogP contribution in [0.3, 0.4) is 0 Å². The molecular weight excluding hydrogens is 336 g/mol. The Kier molecular flexibility index (Phi) is 7.02. The lowest BCUT2D eigenvalue weighted by Gasteiger charge is -2.14. The van der Waals surface area contributed by atoms with Gasteiger partial charge >= 0.3 is 0 Å². The summed E-state index contributed by atoms with van der Waals surface area (Å²) in [6, 6.07) is 12.7. The minimum absolute atomic E-state index is 0.105. The molecule has 25 heavy (non-hydrogen) atoms. The first-order valence-electron chi connectivity index (χ1n) is 8.49. The van der Waals surface area contributed by atoms with Crippen LogP contribution in [-0.2, 0) is 17.6 Å². The summed E-state index contributed by atoms with van der Waals surface area (Å²) in [6.45, 7) is 4.41. The molecule has 0 unspecified atom stereocenters. The molecule has 2 N–H and O–H groups in total. The van der Waals surface area contributed by atoms with E-state index in [0.29, 0.717) is 10.6 Å². The molecule has 0 saturated heterocycles. The molecule has 0 bridgehead atoms. The Bertz CT molecular complexity index is 720. The molecule has 0 radical (unpaired) electrons. The molecule has 0 heterocycles. The van der Waals surface area contributed by atoms with Gasteiger partial charge in [-0.05, 0) is 48.2 Å². The molecule has 2 aromatic rings. The SMILES string of the molecule is CCc1cccc(CC)c1NC(=O)CCNC(=O)c1ccc(Cl)cc1. The second-order valence-corrected chi connectivity index (χ2v) is 6.16. The van der Waals surface area contributed by atoms with Gasteiger partial charge in [-0.15, -0.1) is 0 Å². The van der Waals surface area contributed by atoms with Gasteiger partial charge in [0.1, 0.15) is 0 Å². The normalized spacial score (nSPS) is 10.4. The number of halogens is 1. The minimum Gasteiger partial charge on any atom is -0.352 e. The highest BCUT2D eigenvalue weighted by molar-refractivity contribution is 6.30. The predicted molar refractivity (Wildman–Crippen MR) is 102 cm³/mol. The van der Waals surface area contributed by atoms with E-state index in [1.807, 2.05) is 18.2 Å². The zero-order chi connectivity index (χ0) is 18.2. The van der Waals surface area contributed by atoms with Crippen molar-refractivity contribution in [1.82, 2.24) is 5.32 Å². The molecule has 0 aromatic heterocycles. The monoisotopic (exact) mass is 358 g/mol. The van der Waals surface area contributed by atoms with Crippen LogP contribution >= 0.6 is 11.6 Å². The minimum atomic E-state index is -0.215. The molecule has 0 atom stereocenters. The summed E-state index contributed by atoms with van der Waals surface area (Å²) >= 11 is 5.80. The molecular formula is C20H23ClN2O2. The van der Waals surface area contributed by atoms with Crippen LogP contribution in [-0.4, -0.2) is 18.4 Å². The molecule has 4 nitrogen and oxygen atoms in total. The number of amides is 2. The van der Waals surface area contributed by atoms with E-state index in [-0.39, 0.29) is 24.8 Å². The van der Waals surface area contributed by atoms with Gasteiger partial charge in [0.25, 0.3) is 5.91 Å². The van der Waals surface area contributed by atoms with Crippen molar-refractivity contribution in [3.05, 3.63) is 64.2 Å². The number of hydrogen-bond donors (Lipinski definition) is 2. The summed E-state index contributed by atoms with van der Waals surface area (Å²) in [5, 5.41) is 6.32. The van der Waals surface area contributed by atoms with Crippen LogP contribution in [0.2, 0.25) is 5.02 Å². The number of para-hydroxylation sites is 1. The van der Waals surface area contributed by atoms with Crippen LogP contribution < -0.4 is 10.6 Å². The average molecular weight is 359 g/mol. The summed E-state index contributed by atoms with van der Waals surface area (Å²) < 4.78 is 0. The van der Waals surface area contributed by atoms with Crippen molar-refractivity contribution in [1.29, 1.82) is 0 Å². The van der Waals surface area contributed by atoms with Gasteiger partial charge in [0, 0.05) is 29.2 Å². The van der Waals surface area contributed by atoms with E-state index < -0.39 is 0 Å². The highest BCUT2D eigenvalue weighted by Gasteiger charge is 2.11. The summed E-state index contributed by atoms with van der Waals surface area (Å²) in [5.74, 6) is -0.320. The molecule has 0 fully saturated rings. The fraction of sp³-hybridized carbons (Fsp3) is 0.300. The maximum Gasteiger partial charge on any atom is 0.251 e. The number of benzene rings is 2. The van der Waals surface area contributed by atoms with E-state index in [2.05, 4.69) is 24.5 Å². The fourth-order valence-electron chi connectivity index (χ4n) is 2.60. The third kappa shape index (κ3) is 5.33. The van der Waals surface area contributed by atoms with Gasteiger partial charge < -0.3 is 10.6 Å². The summed E-state index contributed by atoms with van der Waals surface area (Å²) in [5.41, 5.74) is 3.67. The molecule has 2 rings (SSSR count). The van der Waals surface area contributed by atoms with E-state index in [4.69, 9.17) is 11.6 Å². The van der Waals surface area contributed by atoms with Crippen LogP contribution in [0.25, 0.3) is 0 Å². The predicted octanol–water partition coefficient (Wildman–Crippen LogP) is 4.22. The van der Waals surface area contributed by atoms with Crippen molar-refractivity contribution in [2.45, 2.75) is 33.1 Å². The third-order valence-corrected chi connectivity index (χ3v) is 4.26. The highest BCUT2D eigenvalue weighted by atomic mass is 35.5. The van der Waals surface area contributed by atoms with Gasteiger partial charge in [-0.1, -0.05) is 43.6 Å². The number of anilines is 1. The Morgan fingerprint density at radius 2 is 1.56 bits per heavy atom.